The highest BCUT2D eigenvalue weighted by Gasteiger charge is 2.52. The summed E-state index contributed by atoms with van der Waals surface area (Å²) >= 11 is 0. The number of hydrogen-bond acceptors (Lipinski definition) is 5. The maximum Gasteiger partial charge on any atom is 0.254 e. The molecule has 0 fully saturated rings. The van der Waals surface area contributed by atoms with Gasteiger partial charge >= 0.3 is 0 Å². The van der Waals surface area contributed by atoms with Crippen LogP contribution in [0.4, 0.5) is 0 Å². The van der Waals surface area contributed by atoms with Crippen LogP contribution in [0.15, 0.2) is 24.3 Å². The van der Waals surface area contributed by atoms with Crippen LogP contribution in [0.1, 0.15) is 37.9 Å². The van der Waals surface area contributed by atoms with Gasteiger partial charge in [-0.15, -0.1) is 0 Å². The van der Waals surface area contributed by atoms with Crippen LogP contribution in [0.3, 0.4) is 0 Å². The minimum atomic E-state index is -2.38. The molecule has 5 nitrogen and oxygen atoms in total. The molecule has 0 heterocycles. The highest BCUT2D eigenvalue weighted by atomic mass is 28.4. The van der Waals surface area contributed by atoms with Gasteiger partial charge in [0.1, 0.15) is 18.2 Å². The van der Waals surface area contributed by atoms with Crippen molar-refractivity contribution in [2.24, 2.45) is 0 Å². The van der Waals surface area contributed by atoms with Crippen LogP contribution < -0.4 is 0 Å². The van der Waals surface area contributed by atoms with Crippen molar-refractivity contribution in [3.8, 4) is 12.1 Å². The van der Waals surface area contributed by atoms with Crippen LogP contribution in [0.5, 0.6) is 0 Å². The van der Waals surface area contributed by atoms with E-state index in [-0.39, 0.29) is 5.04 Å². The van der Waals surface area contributed by atoms with E-state index in [4.69, 9.17) is 9.26 Å². The van der Waals surface area contributed by atoms with Crippen LogP contribution in [-0.2, 0) is 9.26 Å². The van der Waals surface area contributed by atoms with Gasteiger partial charge in [-0.1, -0.05) is 50.6 Å². The summed E-state index contributed by atoms with van der Waals surface area (Å²) in [5, 5.41) is 21.4. The molecule has 1 rings (SSSR count). The lowest BCUT2D eigenvalue weighted by Crippen LogP contribution is -2.54. The molecular weight excluding hydrogens is 330 g/mol. The fourth-order valence-electron chi connectivity index (χ4n) is 2.45. The number of hydrogen-bond donors (Lipinski definition) is 0. The van der Waals surface area contributed by atoms with Crippen molar-refractivity contribution in [1.29, 1.82) is 10.5 Å². The summed E-state index contributed by atoms with van der Waals surface area (Å²) in [6, 6.07) is 11.4. The molecule has 1 aromatic rings. The molecule has 0 N–H and O–H groups in total. The summed E-state index contributed by atoms with van der Waals surface area (Å²) in [5.74, 6) is 0. The zero-order chi connectivity index (χ0) is 19.5. The van der Waals surface area contributed by atoms with Gasteiger partial charge in [0.05, 0.1) is 7.11 Å². The fraction of sp³-hybridized carbons (Fsp3) is 0.579. The van der Waals surface area contributed by atoms with Crippen molar-refractivity contribution in [2.75, 3.05) is 14.2 Å². The molecule has 0 radical (unpaired) electrons. The van der Waals surface area contributed by atoms with Crippen molar-refractivity contribution in [3.63, 3.8) is 0 Å². The number of rotatable bonds is 6. The number of benzene rings is 1. The Morgan fingerprint density at radius 3 is 2.12 bits per heavy atom. The van der Waals surface area contributed by atoms with E-state index in [9.17, 15) is 10.5 Å². The van der Waals surface area contributed by atoms with Gasteiger partial charge < -0.3 is 9.26 Å². The summed E-state index contributed by atoms with van der Waals surface area (Å²) in [7, 11) is 0.859. The van der Waals surface area contributed by atoms with Gasteiger partial charge in [-0.05, 0) is 30.6 Å². The van der Waals surface area contributed by atoms with Gasteiger partial charge in [0.2, 0.25) is 0 Å². The van der Waals surface area contributed by atoms with E-state index in [1.165, 1.54) is 12.2 Å². The van der Waals surface area contributed by atoms with E-state index in [1.807, 2.05) is 44.3 Å². The van der Waals surface area contributed by atoms with Gasteiger partial charge in [-0.2, -0.15) is 15.6 Å². The predicted octanol–water partition coefficient (Wildman–Crippen LogP) is 4.34. The summed E-state index contributed by atoms with van der Waals surface area (Å²) in [5.41, 5.74) is 0.192. The Hall–Kier alpha value is -1.70. The van der Waals surface area contributed by atoms with Gasteiger partial charge in [0.25, 0.3) is 5.60 Å². The monoisotopic (exact) mass is 359 g/mol. The molecule has 136 valence electrons. The van der Waals surface area contributed by atoms with Gasteiger partial charge in [-0.3, -0.25) is 0 Å². The highest BCUT2D eigenvalue weighted by Crippen LogP contribution is 2.43. The molecule has 6 heteroatoms. The number of nitriles is 2. The van der Waals surface area contributed by atoms with E-state index < -0.39 is 20.0 Å². The molecule has 0 bridgehead atoms. The fourth-order valence-corrected chi connectivity index (χ4v) is 3.76. The second kappa shape index (κ2) is 7.68. The number of hydroxylamine groups is 2. The van der Waals surface area contributed by atoms with Gasteiger partial charge in [0, 0.05) is 7.05 Å². The molecule has 0 aliphatic carbocycles. The van der Waals surface area contributed by atoms with E-state index in [2.05, 4.69) is 32.9 Å². The van der Waals surface area contributed by atoms with Crippen LogP contribution in [-0.4, -0.2) is 33.1 Å². The predicted molar refractivity (Wildman–Crippen MR) is 101 cm³/mol. The van der Waals surface area contributed by atoms with Crippen molar-refractivity contribution < 1.29 is 9.26 Å². The molecule has 0 aliphatic rings. The molecule has 25 heavy (non-hydrogen) atoms. The lowest BCUT2D eigenvalue weighted by Gasteiger charge is -2.44. The van der Waals surface area contributed by atoms with Crippen LogP contribution in [0.2, 0.25) is 18.1 Å². The van der Waals surface area contributed by atoms with Crippen LogP contribution in [0.25, 0.3) is 0 Å². The largest absolute Gasteiger partial charge is 0.387 e. The van der Waals surface area contributed by atoms with Crippen molar-refractivity contribution in [2.45, 2.75) is 57.5 Å². The molecule has 1 atom stereocenters. The summed E-state index contributed by atoms with van der Waals surface area (Å²) in [6.07, 6.45) is 0. The minimum Gasteiger partial charge on any atom is -0.387 e. The normalized spacial score (nSPS) is 14.0. The van der Waals surface area contributed by atoms with Gasteiger partial charge in [-0.25, -0.2) is 0 Å². The molecule has 0 saturated heterocycles. The second-order valence-corrected chi connectivity index (χ2v) is 12.6. The zero-order valence-electron chi connectivity index (χ0n) is 16.5. The molecule has 0 amide bonds. The average Bonchev–Trinajstić information content (AvgIpc) is 2.52. The first kappa shape index (κ1) is 21.3. The lowest BCUT2D eigenvalue weighted by atomic mass is 9.90. The van der Waals surface area contributed by atoms with E-state index in [0.29, 0.717) is 0 Å². The third kappa shape index (κ3) is 4.48. The first-order chi connectivity index (χ1) is 11.4. The smallest absolute Gasteiger partial charge is 0.254 e. The topological polar surface area (TPSA) is 69.3 Å². The highest BCUT2D eigenvalue weighted by molar-refractivity contribution is 6.74. The maximum atomic E-state index is 9.99. The third-order valence-corrected chi connectivity index (χ3v) is 9.39. The molecule has 0 spiro atoms. The summed E-state index contributed by atoms with van der Waals surface area (Å²) < 4.78 is 6.36. The lowest BCUT2D eigenvalue weighted by molar-refractivity contribution is -0.170. The molecule has 0 aromatic heterocycles. The summed E-state index contributed by atoms with van der Waals surface area (Å²) in [6.45, 7) is 12.3. The van der Waals surface area contributed by atoms with Crippen molar-refractivity contribution in [3.05, 3.63) is 35.4 Å². The molecular formula is C19H29N3O2Si. The minimum absolute atomic E-state index is 0.130. The Bertz CT molecular complexity index is 669. The second-order valence-electron chi connectivity index (χ2n) is 7.87. The number of likely N-dealkylation sites (N-methyl/N-ethyl adjacent to an activating group) is 1. The Kier molecular flexibility index (Phi) is 6.55. The summed E-state index contributed by atoms with van der Waals surface area (Å²) in [4.78, 5) is 5.38. The molecule has 1 aromatic carbocycles. The Morgan fingerprint density at radius 1 is 1.16 bits per heavy atom. The third-order valence-electron chi connectivity index (χ3n) is 4.95. The van der Waals surface area contributed by atoms with Gasteiger partial charge in [0.15, 0.2) is 8.32 Å². The number of nitrogens with zero attached hydrogens (tertiary/aromatic N) is 3. The Balaban J connectivity index is 3.55. The number of aryl methyl sites for hydroxylation is 1. The van der Waals surface area contributed by atoms with Crippen molar-refractivity contribution >= 4 is 8.32 Å². The van der Waals surface area contributed by atoms with Crippen molar-refractivity contribution in [1.82, 2.24) is 5.06 Å². The van der Waals surface area contributed by atoms with Crippen LogP contribution >= 0.6 is 0 Å². The Morgan fingerprint density at radius 2 is 1.72 bits per heavy atom. The molecule has 1 unspecified atom stereocenters. The van der Waals surface area contributed by atoms with E-state index in [0.717, 1.165) is 11.1 Å². The molecule has 0 saturated carbocycles. The Labute approximate surface area is 152 Å². The van der Waals surface area contributed by atoms with E-state index in [1.54, 1.807) is 7.05 Å². The SMILES string of the molecule is CON(C)C(c1cccc(C)c1)C(C#N)(C#N)O[Si](C)(C)C(C)(C)C. The zero-order valence-corrected chi connectivity index (χ0v) is 17.5. The van der Waals surface area contributed by atoms with E-state index >= 15 is 0 Å². The first-order valence-corrected chi connectivity index (χ1v) is 11.2. The first-order valence-electron chi connectivity index (χ1n) is 8.30. The average molecular weight is 360 g/mol. The quantitative estimate of drug-likeness (QED) is 0.558. The molecule has 0 aliphatic heterocycles. The standard InChI is InChI=1S/C19H29N3O2Si/c1-15-10-9-11-16(12-15)17(22(5)23-6)19(13-20,14-21)24-25(7,8)18(2,3)4/h9-12,17H,1-8H3. The van der Waals surface area contributed by atoms with Crippen LogP contribution in [0, 0.1) is 29.6 Å². The maximum absolute atomic E-state index is 9.99.